The van der Waals surface area contributed by atoms with Crippen molar-refractivity contribution in [3.8, 4) is 0 Å². The smallest absolute Gasteiger partial charge is 0.271 e. The first kappa shape index (κ1) is 10.5. The summed E-state index contributed by atoms with van der Waals surface area (Å²) in [6.45, 7) is 4.08. The van der Waals surface area contributed by atoms with Crippen LogP contribution >= 0.6 is 0 Å². The molecule has 0 amide bonds. The maximum absolute atomic E-state index is 10.5. The van der Waals surface area contributed by atoms with Gasteiger partial charge in [-0.05, 0) is 19.9 Å². The normalized spacial score (nSPS) is 10.3. The Morgan fingerprint density at radius 2 is 2.07 bits per heavy atom. The maximum Gasteiger partial charge on any atom is 0.271 e. The van der Waals surface area contributed by atoms with Crippen molar-refractivity contribution in [2.45, 2.75) is 19.9 Å². The standard InChI is InChI=1S/C10H14N2O2/c1-8(2)11(3)9-5-4-6-10(7-9)12(13)14/h4-8H,1-3H3. The zero-order valence-corrected chi connectivity index (χ0v) is 8.60. The number of hydrogen-bond acceptors (Lipinski definition) is 3. The second-order valence-electron chi connectivity index (χ2n) is 3.48. The van der Waals surface area contributed by atoms with Gasteiger partial charge in [-0.2, -0.15) is 0 Å². The number of nitro benzene ring substituents is 1. The number of non-ortho nitro benzene ring substituents is 1. The Morgan fingerprint density at radius 3 is 2.57 bits per heavy atom. The first-order valence-electron chi connectivity index (χ1n) is 4.49. The molecule has 0 bridgehead atoms. The molecule has 4 heteroatoms. The summed E-state index contributed by atoms with van der Waals surface area (Å²) in [5.41, 5.74) is 1.00. The maximum atomic E-state index is 10.5. The van der Waals surface area contributed by atoms with E-state index in [2.05, 4.69) is 0 Å². The highest BCUT2D eigenvalue weighted by atomic mass is 16.6. The molecule has 4 nitrogen and oxygen atoms in total. The molecule has 0 heterocycles. The van der Waals surface area contributed by atoms with Crippen molar-refractivity contribution in [1.29, 1.82) is 0 Å². The Hall–Kier alpha value is -1.58. The molecule has 14 heavy (non-hydrogen) atoms. The molecule has 0 radical (unpaired) electrons. The average molecular weight is 194 g/mol. The van der Waals surface area contributed by atoms with Gasteiger partial charge in [0.05, 0.1) is 4.92 Å². The third kappa shape index (κ3) is 2.22. The molecule has 1 aromatic carbocycles. The Labute approximate surface area is 83.3 Å². The molecular weight excluding hydrogens is 180 g/mol. The number of nitro groups is 1. The predicted octanol–water partition coefficient (Wildman–Crippen LogP) is 2.44. The van der Waals surface area contributed by atoms with Gasteiger partial charge in [0.2, 0.25) is 0 Å². The van der Waals surface area contributed by atoms with Crippen LogP contribution in [0.5, 0.6) is 0 Å². The number of benzene rings is 1. The van der Waals surface area contributed by atoms with Gasteiger partial charge in [0.25, 0.3) is 5.69 Å². The number of nitrogens with zero attached hydrogens (tertiary/aromatic N) is 2. The molecule has 0 aliphatic carbocycles. The van der Waals surface area contributed by atoms with Gasteiger partial charge in [-0.25, -0.2) is 0 Å². The van der Waals surface area contributed by atoms with E-state index in [0.29, 0.717) is 6.04 Å². The monoisotopic (exact) mass is 194 g/mol. The van der Waals surface area contributed by atoms with Gasteiger partial charge in [0.15, 0.2) is 0 Å². The van der Waals surface area contributed by atoms with E-state index < -0.39 is 0 Å². The molecule has 76 valence electrons. The van der Waals surface area contributed by atoms with E-state index in [1.54, 1.807) is 12.1 Å². The summed E-state index contributed by atoms with van der Waals surface area (Å²) in [6, 6.07) is 6.98. The molecule has 0 aliphatic heterocycles. The van der Waals surface area contributed by atoms with Crippen molar-refractivity contribution < 1.29 is 4.92 Å². The molecule has 0 saturated carbocycles. The van der Waals surface area contributed by atoms with E-state index in [9.17, 15) is 10.1 Å². The predicted molar refractivity (Wildman–Crippen MR) is 56.6 cm³/mol. The summed E-state index contributed by atoms with van der Waals surface area (Å²) in [6.07, 6.45) is 0. The minimum Gasteiger partial charge on any atom is -0.372 e. The van der Waals surface area contributed by atoms with Crippen LogP contribution in [-0.4, -0.2) is 18.0 Å². The summed E-state index contributed by atoms with van der Waals surface area (Å²) in [7, 11) is 1.92. The molecule has 0 spiro atoms. The zero-order valence-electron chi connectivity index (χ0n) is 8.60. The van der Waals surface area contributed by atoms with Crippen molar-refractivity contribution in [2.75, 3.05) is 11.9 Å². The molecule has 1 aromatic rings. The van der Waals surface area contributed by atoms with Gasteiger partial charge in [-0.15, -0.1) is 0 Å². The van der Waals surface area contributed by atoms with Crippen LogP contribution in [0, 0.1) is 10.1 Å². The Morgan fingerprint density at radius 1 is 1.43 bits per heavy atom. The van der Waals surface area contributed by atoms with Crippen molar-refractivity contribution in [1.82, 2.24) is 0 Å². The van der Waals surface area contributed by atoms with Crippen molar-refractivity contribution in [2.24, 2.45) is 0 Å². The summed E-state index contributed by atoms with van der Waals surface area (Å²) in [5, 5.41) is 10.5. The molecule has 1 rings (SSSR count). The van der Waals surface area contributed by atoms with Crippen LogP contribution in [0.25, 0.3) is 0 Å². The van der Waals surface area contributed by atoms with E-state index in [0.717, 1.165) is 5.69 Å². The number of rotatable bonds is 3. The summed E-state index contributed by atoms with van der Waals surface area (Å²) in [5.74, 6) is 0. The average Bonchev–Trinajstić information content (AvgIpc) is 2.16. The lowest BCUT2D eigenvalue weighted by Gasteiger charge is -2.23. The lowest BCUT2D eigenvalue weighted by atomic mass is 10.2. The lowest BCUT2D eigenvalue weighted by molar-refractivity contribution is -0.384. The molecule has 0 unspecified atom stereocenters. The van der Waals surface area contributed by atoms with Gasteiger partial charge in [-0.3, -0.25) is 10.1 Å². The quantitative estimate of drug-likeness (QED) is 0.548. The minimum atomic E-state index is -0.377. The Balaban J connectivity index is 2.99. The van der Waals surface area contributed by atoms with Gasteiger partial charge in [0, 0.05) is 30.9 Å². The van der Waals surface area contributed by atoms with Crippen molar-refractivity contribution in [3.63, 3.8) is 0 Å². The highest BCUT2D eigenvalue weighted by Crippen LogP contribution is 2.21. The number of anilines is 1. The second kappa shape index (κ2) is 4.09. The van der Waals surface area contributed by atoms with Crippen LogP contribution in [0.4, 0.5) is 11.4 Å². The largest absolute Gasteiger partial charge is 0.372 e. The molecule has 0 fully saturated rings. The fraction of sp³-hybridized carbons (Fsp3) is 0.400. The van der Waals surface area contributed by atoms with Gasteiger partial charge in [0.1, 0.15) is 0 Å². The van der Waals surface area contributed by atoms with Crippen LogP contribution in [0.2, 0.25) is 0 Å². The first-order valence-corrected chi connectivity index (χ1v) is 4.49. The molecule has 0 aliphatic rings. The Bertz CT molecular complexity index is 337. The molecule has 0 aromatic heterocycles. The fourth-order valence-electron chi connectivity index (χ4n) is 1.12. The molecule has 0 N–H and O–H groups in total. The topological polar surface area (TPSA) is 46.4 Å². The zero-order chi connectivity index (χ0) is 10.7. The van der Waals surface area contributed by atoms with Gasteiger partial charge < -0.3 is 4.90 Å². The van der Waals surface area contributed by atoms with E-state index >= 15 is 0 Å². The van der Waals surface area contributed by atoms with Crippen LogP contribution in [-0.2, 0) is 0 Å². The third-order valence-electron chi connectivity index (χ3n) is 2.22. The Kier molecular flexibility index (Phi) is 3.06. The molecular formula is C10H14N2O2. The third-order valence-corrected chi connectivity index (χ3v) is 2.22. The fourth-order valence-corrected chi connectivity index (χ4v) is 1.12. The van der Waals surface area contributed by atoms with E-state index in [1.807, 2.05) is 31.9 Å². The van der Waals surface area contributed by atoms with Crippen LogP contribution < -0.4 is 4.90 Å². The lowest BCUT2D eigenvalue weighted by Crippen LogP contribution is -2.25. The summed E-state index contributed by atoms with van der Waals surface area (Å²) in [4.78, 5) is 12.1. The second-order valence-corrected chi connectivity index (χ2v) is 3.48. The summed E-state index contributed by atoms with van der Waals surface area (Å²) < 4.78 is 0. The van der Waals surface area contributed by atoms with Gasteiger partial charge >= 0.3 is 0 Å². The van der Waals surface area contributed by atoms with Crippen LogP contribution in [0.15, 0.2) is 24.3 Å². The van der Waals surface area contributed by atoms with Crippen LogP contribution in [0.3, 0.4) is 0 Å². The number of hydrogen-bond donors (Lipinski definition) is 0. The van der Waals surface area contributed by atoms with Crippen molar-refractivity contribution >= 4 is 11.4 Å². The van der Waals surface area contributed by atoms with Crippen molar-refractivity contribution in [3.05, 3.63) is 34.4 Å². The van der Waals surface area contributed by atoms with E-state index in [1.165, 1.54) is 6.07 Å². The highest BCUT2D eigenvalue weighted by molar-refractivity contribution is 5.53. The first-order chi connectivity index (χ1) is 6.52. The van der Waals surface area contributed by atoms with E-state index in [-0.39, 0.29) is 10.6 Å². The SMILES string of the molecule is CC(C)N(C)c1cccc([N+](=O)[O-])c1. The van der Waals surface area contributed by atoms with Gasteiger partial charge in [-0.1, -0.05) is 6.07 Å². The highest BCUT2D eigenvalue weighted by Gasteiger charge is 2.09. The summed E-state index contributed by atoms with van der Waals surface area (Å²) >= 11 is 0. The molecule has 0 saturated heterocycles. The van der Waals surface area contributed by atoms with E-state index in [4.69, 9.17) is 0 Å². The van der Waals surface area contributed by atoms with Crippen LogP contribution in [0.1, 0.15) is 13.8 Å². The molecule has 0 atom stereocenters. The minimum absolute atomic E-state index is 0.134.